The smallest absolute Gasteiger partial charge is 0.0738 e. The van der Waals surface area contributed by atoms with Crippen molar-refractivity contribution in [2.75, 3.05) is 0 Å². The zero-order valence-corrected chi connectivity index (χ0v) is 10.2. The second-order valence-corrected chi connectivity index (χ2v) is 4.21. The fourth-order valence-corrected chi connectivity index (χ4v) is 1.69. The van der Waals surface area contributed by atoms with E-state index in [0.717, 1.165) is 16.7 Å². The number of hydrogen-bond acceptors (Lipinski definition) is 1. The van der Waals surface area contributed by atoms with Crippen LogP contribution in [0, 0.1) is 13.8 Å². The highest BCUT2D eigenvalue weighted by atomic mass is 79.9. The molecule has 0 unspecified atom stereocenters. The average Bonchev–Trinajstić information content (AvgIpc) is 2.34. The lowest BCUT2D eigenvalue weighted by Crippen LogP contribution is -2.02. The first kappa shape index (κ1) is 10.8. The third-order valence-corrected chi connectivity index (χ3v) is 3.41. The van der Waals surface area contributed by atoms with Gasteiger partial charge in [-0.3, -0.25) is 4.68 Å². The number of nitrogens with zero attached hydrogens (tertiary/aromatic N) is 2. The highest BCUT2D eigenvalue weighted by Crippen LogP contribution is 2.19. The molecule has 74 valence electrons. The van der Waals surface area contributed by atoms with E-state index in [4.69, 9.17) is 0 Å². The molecule has 0 aliphatic heterocycles. The largest absolute Gasteiger partial charge is 0.268 e. The quantitative estimate of drug-likeness (QED) is 0.743. The minimum Gasteiger partial charge on any atom is -0.268 e. The number of halogens is 1. The lowest BCUT2D eigenvalue weighted by atomic mass is 10.2. The van der Waals surface area contributed by atoms with Gasteiger partial charge in [-0.25, -0.2) is 0 Å². The molecule has 1 rings (SSSR count). The molecule has 3 heteroatoms. The molecule has 1 aromatic heterocycles. The Labute approximate surface area is 88.5 Å². The molecule has 0 saturated carbocycles. The molecule has 1 aromatic rings. The number of unbranched alkanes of at least 4 members (excludes halogenated alkanes) is 2. The number of aryl methyl sites for hydroxylation is 2. The SMILES string of the molecule is CCCCCn1nc(C)c(Br)c1C. The number of aromatic nitrogens is 2. The molecule has 0 spiro atoms. The lowest BCUT2D eigenvalue weighted by Gasteiger charge is -2.02. The summed E-state index contributed by atoms with van der Waals surface area (Å²) in [7, 11) is 0. The topological polar surface area (TPSA) is 17.8 Å². The number of hydrogen-bond donors (Lipinski definition) is 0. The van der Waals surface area contributed by atoms with Gasteiger partial charge in [0.25, 0.3) is 0 Å². The van der Waals surface area contributed by atoms with E-state index in [-0.39, 0.29) is 0 Å². The van der Waals surface area contributed by atoms with Crippen molar-refractivity contribution in [2.24, 2.45) is 0 Å². The first-order chi connectivity index (χ1) is 6.16. The van der Waals surface area contributed by atoms with Crippen molar-refractivity contribution in [3.05, 3.63) is 15.9 Å². The highest BCUT2D eigenvalue weighted by molar-refractivity contribution is 9.10. The molecule has 13 heavy (non-hydrogen) atoms. The Kier molecular flexibility index (Phi) is 3.97. The van der Waals surface area contributed by atoms with Crippen LogP contribution in [0.3, 0.4) is 0 Å². The van der Waals surface area contributed by atoms with E-state index in [0.29, 0.717) is 0 Å². The van der Waals surface area contributed by atoms with Crippen molar-refractivity contribution in [3.63, 3.8) is 0 Å². The van der Waals surface area contributed by atoms with Crippen LogP contribution in [-0.4, -0.2) is 9.78 Å². The van der Waals surface area contributed by atoms with Gasteiger partial charge in [0, 0.05) is 12.2 Å². The maximum atomic E-state index is 4.45. The molecule has 0 aliphatic carbocycles. The minimum absolute atomic E-state index is 1.05. The summed E-state index contributed by atoms with van der Waals surface area (Å²) in [5.74, 6) is 0. The van der Waals surface area contributed by atoms with Crippen LogP contribution in [0.2, 0.25) is 0 Å². The molecular formula is C10H17BrN2. The van der Waals surface area contributed by atoms with Crippen LogP contribution in [0.5, 0.6) is 0 Å². The van der Waals surface area contributed by atoms with Crippen molar-refractivity contribution >= 4 is 15.9 Å². The molecule has 2 nitrogen and oxygen atoms in total. The Hall–Kier alpha value is -0.310. The van der Waals surface area contributed by atoms with Crippen molar-refractivity contribution in [1.82, 2.24) is 9.78 Å². The van der Waals surface area contributed by atoms with Crippen LogP contribution in [0.1, 0.15) is 37.6 Å². The normalized spacial score (nSPS) is 10.8. The van der Waals surface area contributed by atoms with Crippen LogP contribution in [0.4, 0.5) is 0 Å². The van der Waals surface area contributed by atoms with Gasteiger partial charge in [0.05, 0.1) is 10.2 Å². The Morgan fingerprint density at radius 1 is 1.31 bits per heavy atom. The van der Waals surface area contributed by atoms with Gasteiger partial charge in [0.2, 0.25) is 0 Å². The van der Waals surface area contributed by atoms with Gasteiger partial charge in [-0.15, -0.1) is 0 Å². The molecule has 1 heterocycles. The maximum Gasteiger partial charge on any atom is 0.0738 e. The zero-order valence-electron chi connectivity index (χ0n) is 8.60. The third kappa shape index (κ3) is 2.56. The van der Waals surface area contributed by atoms with E-state index in [9.17, 15) is 0 Å². The predicted octanol–water partition coefficient (Wildman–Crippen LogP) is 3.45. The molecule has 0 fully saturated rings. The standard InChI is InChI=1S/C10H17BrN2/c1-4-5-6-7-13-9(3)10(11)8(2)12-13/h4-7H2,1-3H3. The molecule has 0 aliphatic rings. The molecule has 0 saturated heterocycles. The fraction of sp³-hybridized carbons (Fsp3) is 0.700. The van der Waals surface area contributed by atoms with Gasteiger partial charge in [-0.1, -0.05) is 19.8 Å². The van der Waals surface area contributed by atoms with E-state index >= 15 is 0 Å². The summed E-state index contributed by atoms with van der Waals surface area (Å²) in [6.45, 7) is 7.41. The summed E-state index contributed by atoms with van der Waals surface area (Å²) in [4.78, 5) is 0. The molecule has 0 amide bonds. The minimum atomic E-state index is 1.05. The Balaban J connectivity index is 2.61. The summed E-state index contributed by atoms with van der Waals surface area (Å²) in [6.07, 6.45) is 3.78. The summed E-state index contributed by atoms with van der Waals surface area (Å²) in [5.41, 5.74) is 2.34. The van der Waals surface area contributed by atoms with Gasteiger partial charge in [0.1, 0.15) is 0 Å². The van der Waals surface area contributed by atoms with Crippen LogP contribution in [0.15, 0.2) is 4.47 Å². The average molecular weight is 245 g/mol. The Morgan fingerprint density at radius 3 is 2.46 bits per heavy atom. The molecule has 0 aromatic carbocycles. The molecule has 0 N–H and O–H groups in total. The van der Waals surface area contributed by atoms with Crippen LogP contribution in [-0.2, 0) is 6.54 Å². The predicted molar refractivity (Wildman–Crippen MR) is 58.9 cm³/mol. The van der Waals surface area contributed by atoms with E-state index in [1.165, 1.54) is 25.0 Å². The molecule has 0 radical (unpaired) electrons. The van der Waals surface area contributed by atoms with Crippen LogP contribution < -0.4 is 0 Å². The van der Waals surface area contributed by atoms with Crippen molar-refractivity contribution in [2.45, 2.75) is 46.6 Å². The lowest BCUT2D eigenvalue weighted by molar-refractivity contribution is 0.539. The first-order valence-electron chi connectivity index (χ1n) is 4.86. The van der Waals surface area contributed by atoms with Gasteiger partial charge in [-0.05, 0) is 36.2 Å². The van der Waals surface area contributed by atoms with Crippen LogP contribution in [0.25, 0.3) is 0 Å². The Morgan fingerprint density at radius 2 is 2.00 bits per heavy atom. The zero-order chi connectivity index (χ0) is 9.84. The van der Waals surface area contributed by atoms with Crippen LogP contribution >= 0.6 is 15.9 Å². The van der Waals surface area contributed by atoms with E-state index in [1.807, 2.05) is 6.92 Å². The monoisotopic (exact) mass is 244 g/mol. The molecule has 0 bridgehead atoms. The van der Waals surface area contributed by atoms with E-state index in [2.05, 4.69) is 39.6 Å². The molecular weight excluding hydrogens is 228 g/mol. The van der Waals surface area contributed by atoms with Crippen molar-refractivity contribution in [3.8, 4) is 0 Å². The summed E-state index contributed by atoms with van der Waals surface area (Å²) >= 11 is 3.53. The van der Waals surface area contributed by atoms with Gasteiger partial charge in [-0.2, -0.15) is 5.10 Å². The fourth-order valence-electron chi connectivity index (χ4n) is 1.40. The van der Waals surface area contributed by atoms with Gasteiger partial charge >= 0.3 is 0 Å². The van der Waals surface area contributed by atoms with Crippen molar-refractivity contribution in [1.29, 1.82) is 0 Å². The second-order valence-electron chi connectivity index (χ2n) is 3.42. The second kappa shape index (κ2) is 4.80. The van der Waals surface area contributed by atoms with Crippen molar-refractivity contribution < 1.29 is 0 Å². The van der Waals surface area contributed by atoms with E-state index in [1.54, 1.807) is 0 Å². The van der Waals surface area contributed by atoms with Gasteiger partial charge < -0.3 is 0 Å². The summed E-state index contributed by atoms with van der Waals surface area (Å²) in [5, 5.41) is 4.45. The Bertz CT molecular complexity index is 279. The summed E-state index contributed by atoms with van der Waals surface area (Å²) < 4.78 is 3.25. The first-order valence-corrected chi connectivity index (χ1v) is 5.65. The van der Waals surface area contributed by atoms with E-state index < -0.39 is 0 Å². The number of rotatable bonds is 4. The summed E-state index contributed by atoms with van der Waals surface area (Å²) in [6, 6.07) is 0. The highest BCUT2D eigenvalue weighted by Gasteiger charge is 2.07. The molecule has 0 atom stereocenters. The third-order valence-electron chi connectivity index (χ3n) is 2.27. The maximum absolute atomic E-state index is 4.45. The van der Waals surface area contributed by atoms with Gasteiger partial charge in [0.15, 0.2) is 0 Å².